The summed E-state index contributed by atoms with van der Waals surface area (Å²) >= 11 is 0. The van der Waals surface area contributed by atoms with Crippen molar-refractivity contribution in [2.75, 3.05) is 12.4 Å². The van der Waals surface area contributed by atoms with Gasteiger partial charge in [-0.3, -0.25) is 9.59 Å². The maximum Gasteiger partial charge on any atom is 0.310 e. The number of hydrogen-bond acceptors (Lipinski definition) is 4. The molecule has 0 bridgehead atoms. The molecule has 1 heterocycles. The van der Waals surface area contributed by atoms with Crippen molar-refractivity contribution < 1.29 is 19.1 Å². The molecule has 0 atom stereocenters. The van der Waals surface area contributed by atoms with Gasteiger partial charge in [0, 0.05) is 12.5 Å². The number of fused-ring (bicyclic) bond motifs is 1. The van der Waals surface area contributed by atoms with Gasteiger partial charge < -0.3 is 14.8 Å². The zero-order valence-corrected chi connectivity index (χ0v) is 9.70. The molecule has 1 aliphatic heterocycles. The van der Waals surface area contributed by atoms with Crippen LogP contribution in [-0.2, 0) is 27.4 Å². The monoisotopic (exact) mass is 235 g/mol. The molecule has 1 N–H and O–H groups in total. The van der Waals surface area contributed by atoms with Gasteiger partial charge in [0.2, 0.25) is 5.91 Å². The van der Waals surface area contributed by atoms with Crippen molar-refractivity contribution in [1.29, 1.82) is 0 Å². The van der Waals surface area contributed by atoms with Gasteiger partial charge in [-0.1, -0.05) is 6.07 Å². The molecule has 0 radical (unpaired) electrons. The highest BCUT2D eigenvalue weighted by molar-refractivity contribution is 5.91. The van der Waals surface area contributed by atoms with E-state index in [2.05, 4.69) is 5.32 Å². The lowest BCUT2D eigenvalue weighted by atomic mass is 10.0. The fourth-order valence-corrected chi connectivity index (χ4v) is 1.87. The zero-order chi connectivity index (χ0) is 12.4. The smallest absolute Gasteiger partial charge is 0.310 e. The summed E-state index contributed by atoms with van der Waals surface area (Å²) in [6.07, 6.45) is 0.242. The summed E-state index contributed by atoms with van der Waals surface area (Å²) in [5.74, 6) is 0.146. The van der Waals surface area contributed by atoms with Crippen LogP contribution < -0.4 is 10.1 Å². The first-order valence-electron chi connectivity index (χ1n) is 5.23. The van der Waals surface area contributed by atoms with E-state index in [4.69, 9.17) is 9.47 Å². The Morgan fingerprint density at radius 3 is 2.88 bits per heavy atom. The van der Waals surface area contributed by atoms with Crippen molar-refractivity contribution in [3.8, 4) is 5.75 Å². The number of carbonyl (C=O) groups is 2. The highest BCUT2D eigenvalue weighted by Gasteiger charge is 2.22. The van der Waals surface area contributed by atoms with Crippen molar-refractivity contribution >= 4 is 17.6 Å². The van der Waals surface area contributed by atoms with E-state index in [1.165, 1.54) is 14.0 Å². The van der Waals surface area contributed by atoms with Gasteiger partial charge in [0.1, 0.15) is 12.4 Å². The van der Waals surface area contributed by atoms with Crippen molar-refractivity contribution in [2.24, 2.45) is 0 Å². The zero-order valence-electron chi connectivity index (χ0n) is 9.70. The molecule has 1 aromatic rings. The predicted molar refractivity (Wildman–Crippen MR) is 60.8 cm³/mol. The van der Waals surface area contributed by atoms with Gasteiger partial charge in [-0.15, -0.1) is 0 Å². The van der Waals surface area contributed by atoms with E-state index in [9.17, 15) is 9.59 Å². The molecule has 1 amide bonds. The molecule has 0 spiro atoms. The van der Waals surface area contributed by atoms with Gasteiger partial charge in [-0.2, -0.15) is 0 Å². The molecule has 0 saturated heterocycles. The van der Waals surface area contributed by atoms with Crippen LogP contribution in [0.3, 0.4) is 0 Å². The molecule has 1 aliphatic rings. The third-order valence-corrected chi connectivity index (χ3v) is 2.58. The molecule has 17 heavy (non-hydrogen) atoms. The van der Waals surface area contributed by atoms with E-state index in [1.807, 2.05) is 6.07 Å². The molecule has 2 rings (SSSR count). The average molecular weight is 235 g/mol. The number of benzene rings is 1. The average Bonchev–Trinajstić information content (AvgIpc) is 2.28. The van der Waals surface area contributed by atoms with Crippen molar-refractivity contribution in [3.63, 3.8) is 0 Å². The number of hydrogen-bond donors (Lipinski definition) is 1. The normalized spacial score (nSPS) is 13.6. The Balaban J connectivity index is 2.44. The fourth-order valence-electron chi connectivity index (χ4n) is 1.87. The second-order valence-electron chi connectivity index (χ2n) is 3.80. The molecule has 0 aromatic heterocycles. The first-order valence-corrected chi connectivity index (χ1v) is 5.23. The van der Waals surface area contributed by atoms with Gasteiger partial charge in [0.15, 0.2) is 0 Å². The van der Waals surface area contributed by atoms with Crippen LogP contribution in [0.4, 0.5) is 5.69 Å². The van der Waals surface area contributed by atoms with E-state index in [1.54, 1.807) is 6.07 Å². The van der Waals surface area contributed by atoms with Gasteiger partial charge in [-0.25, -0.2) is 0 Å². The number of esters is 1. The van der Waals surface area contributed by atoms with Crippen LogP contribution in [0, 0.1) is 0 Å². The number of nitrogens with one attached hydrogen (secondary N) is 1. The maximum atomic E-state index is 11.2. The van der Waals surface area contributed by atoms with E-state index in [0.717, 1.165) is 11.1 Å². The minimum atomic E-state index is -0.244. The van der Waals surface area contributed by atoms with Crippen molar-refractivity contribution in [3.05, 3.63) is 23.3 Å². The molecular weight excluding hydrogens is 222 g/mol. The third kappa shape index (κ3) is 2.22. The Labute approximate surface area is 98.7 Å². The highest BCUT2D eigenvalue weighted by Crippen LogP contribution is 2.34. The number of anilines is 1. The lowest BCUT2D eigenvalue weighted by molar-refractivity contribution is -0.145. The summed E-state index contributed by atoms with van der Waals surface area (Å²) in [4.78, 5) is 22.2. The SMILES string of the molecule is COc1c(NC(C)=O)ccc2c1COC(=O)C2. The third-order valence-electron chi connectivity index (χ3n) is 2.58. The Bertz CT molecular complexity index is 482. The minimum absolute atomic E-state index is 0.170. The standard InChI is InChI=1S/C12H13NO4/c1-7(14)13-10-4-3-8-5-11(15)17-6-9(8)12(10)16-2/h3-4H,5-6H2,1-2H3,(H,13,14). The second-order valence-corrected chi connectivity index (χ2v) is 3.80. The van der Waals surface area contributed by atoms with Gasteiger partial charge >= 0.3 is 5.97 Å². The first-order chi connectivity index (χ1) is 8.11. The van der Waals surface area contributed by atoms with Gasteiger partial charge in [-0.05, 0) is 11.6 Å². The molecule has 5 nitrogen and oxygen atoms in total. The highest BCUT2D eigenvalue weighted by atomic mass is 16.5. The number of amides is 1. The number of cyclic esters (lactones) is 1. The van der Waals surface area contributed by atoms with E-state index < -0.39 is 0 Å². The first kappa shape index (κ1) is 11.4. The number of methoxy groups -OCH3 is 1. The molecular formula is C12H13NO4. The summed E-state index contributed by atoms with van der Waals surface area (Å²) in [7, 11) is 1.53. The lowest BCUT2D eigenvalue weighted by Crippen LogP contribution is -2.18. The van der Waals surface area contributed by atoms with Crippen LogP contribution in [0.15, 0.2) is 12.1 Å². The Morgan fingerprint density at radius 2 is 2.24 bits per heavy atom. The molecule has 90 valence electrons. The van der Waals surface area contributed by atoms with Gasteiger partial charge in [0.05, 0.1) is 19.2 Å². The summed E-state index contributed by atoms with van der Waals surface area (Å²) in [6.45, 7) is 1.61. The summed E-state index contributed by atoms with van der Waals surface area (Å²) in [5.41, 5.74) is 2.29. The summed E-state index contributed by atoms with van der Waals surface area (Å²) in [6, 6.07) is 3.54. The minimum Gasteiger partial charge on any atom is -0.494 e. The molecule has 0 saturated carbocycles. The largest absolute Gasteiger partial charge is 0.494 e. The summed E-state index contributed by atoms with van der Waals surface area (Å²) < 4.78 is 10.2. The Hall–Kier alpha value is -2.04. The number of rotatable bonds is 2. The quantitative estimate of drug-likeness (QED) is 0.783. The van der Waals surface area contributed by atoms with Crippen LogP contribution in [0.25, 0.3) is 0 Å². The Morgan fingerprint density at radius 1 is 1.47 bits per heavy atom. The summed E-state index contributed by atoms with van der Waals surface area (Å²) in [5, 5.41) is 2.68. The van der Waals surface area contributed by atoms with Crippen LogP contribution in [-0.4, -0.2) is 19.0 Å². The molecule has 5 heteroatoms. The molecule has 1 aromatic carbocycles. The van der Waals surface area contributed by atoms with Gasteiger partial charge in [0.25, 0.3) is 0 Å². The van der Waals surface area contributed by atoms with E-state index >= 15 is 0 Å². The topological polar surface area (TPSA) is 64.6 Å². The maximum absolute atomic E-state index is 11.2. The molecule has 0 unspecified atom stereocenters. The fraction of sp³-hybridized carbons (Fsp3) is 0.333. The van der Waals surface area contributed by atoms with E-state index in [0.29, 0.717) is 11.4 Å². The van der Waals surface area contributed by atoms with Crippen LogP contribution in [0.1, 0.15) is 18.1 Å². The number of ether oxygens (including phenoxy) is 2. The number of carbonyl (C=O) groups excluding carboxylic acids is 2. The Kier molecular flexibility index (Phi) is 2.99. The predicted octanol–water partition coefficient (Wildman–Crippen LogP) is 1.25. The van der Waals surface area contributed by atoms with Crippen LogP contribution in [0.2, 0.25) is 0 Å². The van der Waals surface area contributed by atoms with Crippen LogP contribution >= 0.6 is 0 Å². The molecule has 0 fully saturated rings. The lowest BCUT2D eigenvalue weighted by Gasteiger charge is -2.20. The van der Waals surface area contributed by atoms with Crippen molar-refractivity contribution in [2.45, 2.75) is 20.0 Å². The second kappa shape index (κ2) is 4.45. The van der Waals surface area contributed by atoms with E-state index in [-0.39, 0.29) is 24.9 Å². The molecule has 0 aliphatic carbocycles. The van der Waals surface area contributed by atoms with Crippen LogP contribution in [0.5, 0.6) is 5.75 Å². The van der Waals surface area contributed by atoms with Crippen molar-refractivity contribution in [1.82, 2.24) is 0 Å².